The molecule has 0 saturated heterocycles. The summed E-state index contributed by atoms with van der Waals surface area (Å²) in [6, 6.07) is 4.62. The molecule has 1 fully saturated rings. The fourth-order valence-electron chi connectivity index (χ4n) is 1.70. The number of anilines is 1. The van der Waals surface area contributed by atoms with E-state index in [0.29, 0.717) is 5.82 Å². The molecular formula is C12H16N4O3. The van der Waals surface area contributed by atoms with Gasteiger partial charge in [0, 0.05) is 6.20 Å². The number of amides is 1. The summed E-state index contributed by atoms with van der Waals surface area (Å²) in [5.41, 5.74) is 5.09. The largest absolute Gasteiger partial charge is 0.480 e. The standard InChI is InChI=1S/C12H16N4O3/c17-10(16-15-9-3-1-2-6-13-9)7-14-11(12(18)19)8-4-5-8/h1-3,6,8,11,14H,4-5,7H2,(H,13,15)(H,16,17)(H,18,19). The summed E-state index contributed by atoms with van der Waals surface area (Å²) in [4.78, 5) is 26.5. The van der Waals surface area contributed by atoms with Crippen LogP contribution < -0.4 is 16.2 Å². The van der Waals surface area contributed by atoms with Crippen LogP contribution in [-0.2, 0) is 9.59 Å². The maximum absolute atomic E-state index is 11.5. The smallest absolute Gasteiger partial charge is 0.320 e. The molecule has 0 aliphatic heterocycles. The summed E-state index contributed by atoms with van der Waals surface area (Å²) in [6.07, 6.45) is 3.40. The average Bonchev–Trinajstić information content (AvgIpc) is 3.22. The Kier molecular flexibility index (Phi) is 4.30. The molecule has 2 rings (SSSR count). The molecule has 0 radical (unpaired) electrons. The number of rotatable bonds is 7. The Balaban J connectivity index is 1.71. The number of aliphatic carboxylic acids is 1. The summed E-state index contributed by atoms with van der Waals surface area (Å²) < 4.78 is 0. The van der Waals surface area contributed by atoms with Gasteiger partial charge in [0.2, 0.25) is 0 Å². The molecule has 19 heavy (non-hydrogen) atoms. The molecule has 1 aromatic rings. The number of pyridine rings is 1. The van der Waals surface area contributed by atoms with Gasteiger partial charge in [-0.3, -0.25) is 25.8 Å². The van der Waals surface area contributed by atoms with Crippen LogP contribution in [0.25, 0.3) is 0 Å². The molecule has 1 heterocycles. The van der Waals surface area contributed by atoms with Crippen LogP contribution in [0, 0.1) is 5.92 Å². The molecule has 1 aliphatic rings. The monoisotopic (exact) mass is 264 g/mol. The predicted octanol–water partition coefficient (Wildman–Crippen LogP) is -0.0225. The van der Waals surface area contributed by atoms with Crippen LogP contribution in [0.4, 0.5) is 5.82 Å². The van der Waals surface area contributed by atoms with Gasteiger partial charge in [-0.05, 0) is 30.9 Å². The third kappa shape index (κ3) is 4.22. The SMILES string of the molecule is O=C(CNC(C(=O)O)C1CC1)NNc1ccccn1. The van der Waals surface area contributed by atoms with Crippen molar-refractivity contribution in [3.63, 3.8) is 0 Å². The normalized spacial score (nSPS) is 15.6. The van der Waals surface area contributed by atoms with Gasteiger partial charge >= 0.3 is 5.97 Å². The number of hydrogen-bond acceptors (Lipinski definition) is 5. The lowest BCUT2D eigenvalue weighted by Gasteiger charge is -2.13. The molecule has 4 N–H and O–H groups in total. The van der Waals surface area contributed by atoms with E-state index in [1.165, 1.54) is 0 Å². The fraction of sp³-hybridized carbons (Fsp3) is 0.417. The van der Waals surface area contributed by atoms with E-state index < -0.39 is 12.0 Å². The van der Waals surface area contributed by atoms with E-state index in [4.69, 9.17) is 5.11 Å². The predicted molar refractivity (Wildman–Crippen MR) is 68.2 cm³/mol. The van der Waals surface area contributed by atoms with Crippen LogP contribution in [0.2, 0.25) is 0 Å². The van der Waals surface area contributed by atoms with Crippen molar-refractivity contribution in [2.24, 2.45) is 5.92 Å². The van der Waals surface area contributed by atoms with Crippen molar-refractivity contribution in [3.8, 4) is 0 Å². The van der Waals surface area contributed by atoms with Crippen LogP contribution in [0.5, 0.6) is 0 Å². The second kappa shape index (κ2) is 6.14. The van der Waals surface area contributed by atoms with Gasteiger partial charge in [0.25, 0.3) is 5.91 Å². The van der Waals surface area contributed by atoms with Gasteiger partial charge in [-0.1, -0.05) is 6.07 Å². The van der Waals surface area contributed by atoms with Gasteiger partial charge in [-0.25, -0.2) is 4.98 Å². The Bertz CT molecular complexity index is 448. The van der Waals surface area contributed by atoms with Crippen LogP contribution >= 0.6 is 0 Å². The maximum atomic E-state index is 11.5. The first kappa shape index (κ1) is 13.3. The van der Waals surface area contributed by atoms with Crippen molar-refractivity contribution < 1.29 is 14.7 Å². The topological polar surface area (TPSA) is 103 Å². The summed E-state index contributed by atoms with van der Waals surface area (Å²) in [5, 5.41) is 11.7. The Morgan fingerprint density at radius 1 is 1.42 bits per heavy atom. The van der Waals surface area contributed by atoms with Gasteiger partial charge in [-0.2, -0.15) is 0 Å². The van der Waals surface area contributed by atoms with Crippen LogP contribution in [0.1, 0.15) is 12.8 Å². The highest BCUT2D eigenvalue weighted by molar-refractivity contribution is 5.81. The molecule has 1 atom stereocenters. The highest BCUT2D eigenvalue weighted by atomic mass is 16.4. The van der Waals surface area contributed by atoms with Crippen molar-refractivity contribution in [2.75, 3.05) is 12.0 Å². The fourth-order valence-corrected chi connectivity index (χ4v) is 1.70. The molecule has 1 unspecified atom stereocenters. The summed E-state index contributed by atoms with van der Waals surface area (Å²) in [6.45, 7) is -0.0483. The molecule has 7 nitrogen and oxygen atoms in total. The number of carboxylic acid groups (broad SMARTS) is 1. The second-order valence-electron chi connectivity index (χ2n) is 4.42. The molecule has 1 aliphatic carbocycles. The van der Waals surface area contributed by atoms with E-state index in [-0.39, 0.29) is 18.4 Å². The van der Waals surface area contributed by atoms with Gasteiger partial charge in [0.1, 0.15) is 11.9 Å². The quantitative estimate of drug-likeness (QED) is 0.516. The Labute approximate surface area is 110 Å². The van der Waals surface area contributed by atoms with Gasteiger partial charge in [0.15, 0.2) is 0 Å². The third-order valence-electron chi connectivity index (χ3n) is 2.84. The number of hydrogen-bond donors (Lipinski definition) is 4. The lowest BCUT2D eigenvalue weighted by atomic mass is 10.2. The number of carboxylic acids is 1. The second-order valence-corrected chi connectivity index (χ2v) is 4.42. The summed E-state index contributed by atoms with van der Waals surface area (Å²) in [7, 11) is 0. The van der Waals surface area contributed by atoms with E-state index in [1.54, 1.807) is 24.4 Å². The number of nitrogens with zero attached hydrogens (tertiary/aromatic N) is 1. The van der Waals surface area contributed by atoms with E-state index in [1.807, 2.05) is 0 Å². The first-order chi connectivity index (χ1) is 9.16. The summed E-state index contributed by atoms with van der Waals surface area (Å²) in [5.74, 6) is -0.576. The van der Waals surface area contributed by atoms with Crippen LogP contribution in [0.15, 0.2) is 24.4 Å². The van der Waals surface area contributed by atoms with Crippen molar-refractivity contribution in [2.45, 2.75) is 18.9 Å². The van der Waals surface area contributed by atoms with Crippen molar-refractivity contribution in [1.29, 1.82) is 0 Å². The third-order valence-corrected chi connectivity index (χ3v) is 2.84. The number of aromatic nitrogens is 1. The zero-order valence-electron chi connectivity index (χ0n) is 10.3. The lowest BCUT2D eigenvalue weighted by molar-refractivity contribution is -0.140. The molecule has 102 valence electrons. The molecule has 7 heteroatoms. The Morgan fingerprint density at radius 2 is 2.21 bits per heavy atom. The van der Waals surface area contributed by atoms with E-state index in [9.17, 15) is 9.59 Å². The number of carbonyl (C=O) groups excluding carboxylic acids is 1. The van der Waals surface area contributed by atoms with Crippen molar-refractivity contribution >= 4 is 17.7 Å². The maximum Gasteiger partial charge on any atom is 0.320 e. The molecule has 0 spiro atoms. The van der Waals surface area contributed by atoms with Crippen molar-refractivity contribution in [1.82, 2.24) is 15.7 Å². The minimum Gasteiger partial charge on any atom is -0.480 e. The minimum absolute atomic E-state index is 0.0483. The summed E-state index contributed by atoms with van der Waals surface area (Å²) >= 11 is 0. The van der Waals surface area contributed by atoms with E-state index in [0.717, 1.165) is 12.8 Å². The average molecular weight is 264 g/mol. The molecule has 1 aromatic heterocycles. The van der Waals surface area contributed by atoms with Crippen molar-refractivity contribution in [3.05, 3.63) is 24.4 Å². The molecule has 0 bridgehead atoms. The number of hydrazine groups is 1. The molecular weight excluding hydrogens is 248 g/mol. The molecule has 1 amide bonds. The van der Waals surface area contributed by atoms with E-state index in [2.05, 4.69) is 21.2 Å². The van der Waals surface area contributed by atoms with Gasteiger partial charge in [-0.15, -0.1) is 0 Å². The van der Waals surface area contributed by atoms with Crippen LogP contribution in [-0.4, -0.2) is 34.6 Å². The highest BCUT2D eigenvalue weighted by Crippen LogP contribution is 2.32. The van der Waals surface area contributed by atoms with Gasteiger partial charge in [0.05, 0.1) is 6.54 Å². The Hall–Kier alpha value is -2.15. The lowest BCUT2D eigenvalue weighted by Crippen LogP contribution is -2.45. The van der Waals surface area contributed by atoms with E-state index >= 15 is 0 Å². The number of carbonyl (C=O) groups is 2. The van der Waals surface area contributed by atoms with Crippen LogP contribution in [0.3, 0.4) is 0 Å². The molecule has 0 aromatic carbocycles. The number of nitrogens with one attached hydrogen (secondary N) is 3. The Morgan fingerprint density at radius 3 is 2.79 bits per heavy atom. The first-order valence-electron chi connectivity index (χ1n) is 6.09. The minimum atomic E-state index is -0.909. The molecule has 1 saturated carbocycles. The van der Waals surface area contributed by atoms with Gasteiger partial charge < -0.3 is 5.11 Å². The highest BCUT2D eigenvalue weighted by Gasteiger charge is 2.36. The zero-order valence-corrected chi connectivity index (χ0v) is 10.3. The zero-order chi connectivity index (χ0) is 13.7. The first-order valence-corrected chi connectivity index (χ1v) is 6.09.